The van der Waals surface area contributed by atoms with Crippen molar-refractivity contribution in [2.24, 2.45) is 5.41 Å². The molecule has 0 radical (unpaired) electrons. The molecule has 1 aliphatic heterocycles. The van der Waals surface area contributed by atoms with Crippen LogP contribution in [0.15, 0.2) is 36.7 Å². The van der Waals surface area contributed by atoms with Gasteiger partial charge < -0.3 is 24.5 Å². The van der Waals surface area contributed by atoms with E-state index in [4.69, 9.17) is 9.47 Å². The highest BCUT2D eigenvalue weighted by molar-refractivity contribution is 5.78. The predicted octanol–water partition coefficient (Wildman–Crippen LogP) is 2.63. The molecule has 2 heterocycles. The number of carbonyl (C=O) groups is 1. The van der Waals surface area contributed by atoms with Gasteiger partial charge >= 0.3 is 0 Å². The second kappa shape index (κ2) is 8.97. The van der Waals surface area contributed by atoms with E-state index in [9.17, 15) is 9.90 Å². The molecule has 0 aliphatic carbocycles. The van der Waals surface area contributed by atoms with Crippen molar-refractivity contribution in [2.75, 3.05) is 26.4 Å². The molecule has 2 aromatic rings. The van der Waals surface area contributed by atoms with Gasteiger partial charge in [-0.2, -0.15) is 0 Å². The lowest BCUT2D eigenvalue weighted by atomic mass is 9.81. The Labute approximate surface area is 172 Å². The zero-order valence-electron chi connectivity index (χ0n) is 17.5. The SMILES string of the molecule is CC(C)(C)NC(=O)COc1ccc(-c2nccn2CC2(CO)CCOCC2)cc1. The van der Waals surface area contributed by atoms with Gasteiger partial charge in [-0.1, -0.05) is 0 Å². The lowest BCUT2D eigenvalue weighted by molar-refractivity contribution is -0.124. The number of amides is 1. The molecule has 3 rings (SSSR count). The van der Waals surface area contributed by atoms with Crippen molar-refractivity contribution in [1.29, 1.82) is 0 Å². The molecule has 0 spiro atoms. The van der Waals surface area contributed by atoms with Crippen molar-refractivity contribution in [3.05, 3.63) is 36.7 Å². The summed E-state index contributed by atoms with van der Waals surface area (Å²) in [5.41, 5.74) is 0.510. The van der Waals surface area contributed by atoms with Crippen LogP contribution in [0.25, 0.3) is 11.4 Å². The van der Waals surface area contributed by atoms with E-state index in [1.54, 1.807) is 6.20 Å². The second-order valence-corrected chi connectivity index (χ2v) is 8.76. The minimum absolute atomic E-state index is 0.0215. The number of rotatable bonds is 7. The molecule has 0 atom stereocenters. The van der Waals surface area contributed by atoms with E-state index in [0.29, 0.717) is 25.5 Å². The molecule has 0 saturated carbocycles. The molecule has 0 unspecified atom stereocenters. The van der Waals surface area contributed by atoms with Crippen LogP contribution < -0.4 is 10.1 Å². The molecular formula is C22H31N3O4. The van der Waals surface area contributed by atoms with E-state index in [1.807, 2.05) is 51.2 Å². The first-order valence-electron chi connectivity index (χ1n) is 10.0. The molecule has 7 heteroatoms. The van der Waals surface area contributed by atoms with Crippen LogP contribution in [0.2, 0.25) is 0 Å². The third-order valence-electron chi connectivity index (χ3n) is 5.11. The van der Waals surface area contributed by atoms with Gasteiger partial charge in [0, 0.05) is 48.7 Å². The van der Waals surface area contributed by atoms with E-state index >= 15 is 0 Å². The number of nitrogens with zero attached hydrogens (tertiary/aromatic N) is 2. The molecular weight excluding hydrogens is 370 g/mol. The van der Waals surface area contributed by atoms with E-state index in [0.717, 1.165) is 24.2 Å². The van der Waals surface area contributed by atoms with Crippen LogP contribution in [0, 0.1) is 5.41 Å². The summed E-state index contributed by atoms with van der Waals surface area (Å²) < 4.78 is 13.1. The summed E-state index contributed by atoms with van der Waals surface area (Å²) in [6.07, 6.45) is 5.40. The van der Waals surface area contributed by atoms with Crippen molar-refractivity contribution >= 4 is 5.91 Å². The van der Waals surface area contributed by atoms with Gasteiger partial charge in [0.05, 0.1) is 6.61 Å². The van der Waals surface area contributed by atoms with Gasteiger partial charge in [-0.3, -0.25) is 4.79 Å². The fraction of sp³-hybridized carbons (Fsp3) is 0.545. The number of carbonyl (C=O) groups excluding carboxylic acids is 1. The maximum atomic E-state index is 11.9. The monoisotopic (exact) mass is 401 g/mol. The van der Waals surface area contributed by atoms with E-state index in [-0.39, 0.29) is 30.1 Å². The summed E-state index contributed by atoms with van der Waals surface area (Å²) >= 11 is 0. The Morgan fingerprint density at radius 2 is 1.97 bits per heavy atom. The number of ether oxygens (including phenoxy) is 2. The molecule has 7 nitrogen and oxygen atoms in total. The van der Waals surface area contributed by atoms with Gasteiger partial charge in [-0.25, -0.2) is 4.98 Å². The number of aliphatic hydroxyl groups is 1. The maximum Gasteiger partial charge on any atom is 0.258 e. The number of aliphatic hydroxyl groups excluding tert-OH is 1. The first-order valence-corrected chi connectivity index (χ1v) is 10.0. The van der Waals surface area contributed by atoms with Crippen molar-refractivity contribution in [2.45, 2.75) is 45.7 Å². The molecule has 0 bridgehead atoms. The average Bonchev–Trinajstić information content (AvgIpc) is 3.14. The molecule has 1 aromatic carbocycles. The number of nitrogens with one attached hydrogen (secondary N) is 1. The molecule has 2 N–H and O–H groups in total. The Kier molecular flexibility index (Phi) is 6.59. The first-order chi connectivity index (χ1) is 13.8. The topological polar surface area (TPSA) is 85.6 Å². The van der Waals surface area contributed by atoms with Crippen LogP contribution >= 0.6 is 0 Å². The molecule has 1 saturated heterocycles. The Hall–Kier alpha value is -2.38. The zero-order chi connectivity index (χ0) is 20.9. The zero-order valence-corrected chi connectivity index (χ0v) is 17.5. The third-order valence-corrected chi connectivity index (χ3v) is 5.11. The third kappa shape index (κ3) is 5.81. The fourth-order valence-electron chi connectivity index (χ4n) is 3.53. The normalized spacial score (nSPS) is 16.4. The van der Waals surface area contributed by atoms with E-state index < -0.39 is 0 Å². The molecule has 158 valence electrons. The standard InChI is InChI=1S/C22H31N3O4/c1-21(2,3)24-19(27)14-29-18-6-4-17(5-7-18)20-23-10-11-25(20)15-22(16-26)8-12-28-13-9-22/h4-7,10-11,26H,8-9,12-16H2,1-3H3,(H,24,27). The summed E-state index contributed by atoms with van der Waals surface area (Å²) in [7, 11) is 0. The Morgan fingerprint density at radius 1 is 1.28 bits per heavy atom. The highest BCUT2D eigenvalue weighted by Gasteiger charge is 2.33. The number of hydrogen-bond acceptors (Lipinski definition) is 5. The van der Waals surface area contributed by atoms with Gasteiger partial charge in [0.2, 0.25) is 0 Å². The van der Waals surface area contributed by atoms with Crippen molar-refractivity contribution in [1.82, 2.24) is 14.9 Å². The van der Waals surface area contributed by atoms with E-state index in [1.165, 1.54) is 0 Å². The van der Waals surface area contributed by atoms with Gasteiger partial charge in [-0.15, -0.1) is 0 Å². The van der Waals surface area contributed by atoms with Crippen LogP contribution in [0.5, 0.6) is 5.75 Å². The lowest BCUT2D eigenvalue weighted by Crippen LogP contribution is -2.43. The highest BCUT2D eigenvalue weighted by Crippen LogP contribution is 2.33. The minimum Gasteiger partial charge on any atom is -0.484 e. The van der Waals surface area contributed by atoms with Gasteiger partial charge in [0.1, 0.15) is 11.6 Å². The van der Waals surface area contributed by atoms with Crippen LogP contribution in [0.1, 0.15) is 33.6 Å². The number of aromatic nitrogens is 2. The van der Waals surface area contributed by atoms with Crippen molar-refractivity contribution in [3.8, 4) is 17.1 Å². The van der Waals surface area contributed by atoms with Gasteiger partial charge in [0.15, 0.2) is 6.61 Å². The minimum atomic E-state index is -0.280. The van der Waals surface area contributed by atoms with Gasteiger partial charge in [0.25, 0.3) is 5.91 Å². The first kappa shape index (κ1) is 21.3. The van der Waals surface area contributed by atoms with Crippen LogP contribution in [-0.4, -0.2) is 52.5 Å². The van der Waals surface area contributed by atoms with Crippen molar-refractivity contribution in [3.63, 3.8) is 0 Å². The Morgan fingerprint density at radius 3 is 2.59 bits per heavy atom. The van der Waals surface area contributed by atoms with Crippen molar-refractivity contribution < 1.29 is 19.4 Å². The molecule has 29 heavy (non-hydrogen) atoms. The molecule has 1 amide bonds. The Bertz CT molecular complexity index is 802. The summed E-state index contributed by atoms with van der Waals surface area (Å²) in [5.74, 6) is 1.33. The number of hydrogen-bond donors (Lipinski definition) is 2. The van der Waals surface area contributed by atoms with E-state index in [2.05, 4.69) is 14.9 Å². The molecule has 1 fully saturated rings. The lowest BCUT2D eigenvalue weighted by Gasteiger charge is -2.36. The smallest absolute Gasteiger partial charge is 0.258 e. The largest absolute Gasteiger partial charge is 0.484 e. The van der Waals surface area contributed by atoms with Crippen LogP contribution in [-0.2, 0) is 16.1 Å². The quantitative estimate of drug-likeness (QED) is 0.745. The van der Waals surface area contributed by atoms with Gasteiger partial charge in [-0.05, 0) is 57.9 Å². The summed E-state index contributed by atoms with van der Waals surface area (Å²) in [4.78, 5) is 16.4. The predicted molar refractivity (Wildman–Crippen MR) is 111 cm³/mol. The fourth-order valence-corrected chi connectivity index (χ4v) is 3.53. The maximum absolute atomic E-state index is 11.9. The molecule has 1 aromatic heterocycles. The van der Waals surface area contributed by atoms with Crippen LogP contribution in [0.4, 0.5) is 0 Å². The number of benzene rings is 1. The molecule has 1 aliphatic rings. The average molecular weight is 402 g/mol. The Balaban J connectivity index is 1.65. The summed E-state index contributed by atoms with van der Waals surface area (Å²) in [5, 5.41) is 12.8. The highest BCUT2D eigenvalue weighted by atomic mass is 16.5. The number of imidazole rings is 1. The van der Waals surface area contributed by atoms with Crippen LogP contribution in [0.3, 0.4) is 0 Å². The summed E-state index contributed by atoms with van der Waals surface area (Å²) in [6.45, 7) is 7.98. The second-order valence-electron chi connectivity index (χ2n) is 8.76. The summed E-state index contributed by atoms with van der Waals surface area (Å²) in [6, 6.07) is 7.56.